The molecule has 3 amide bonds. The molecule has 4 aromatic rings. The lowest BCUT2D eigenvalue weighted by atomic mass is 9.88. The zero-order chi connectivity index (χ0) is 66.4. The number of allylic oxidation sites excluding steroid dienone is 2. The molecule has 29 heteroatoms. The Morgan fingerprint density at radius 3 is 2.12 bits per heavy atom. The summed E-state index contributed by atoms with van der Waals surface area (Å²) in [4.78, 5) is 61.5. The highest BCUT2D eigenvalue weighted by Crippen LogP contribution is 2.41. The maximum atomic E-state index is 17.4. The first-order chi connectivity index (χ1) is 43.1. The Labute approximate surface area is 541 Å². The molecule has 2 aliphatic heterocycles. The van der Waals surface area contributed by atoms with Crippen molar-refractivity contribution in [3.63, 3.8) is 0 Å². The SMILES string of the molecule is CN(CCCCCC(=O)On1c(O)ccc1O)CCNC(=O)C(CCCC[N+](C)(C)C)NC(=O)C(CCCC[N+](C)(C)C)NC(=O)CCCOc1ccc(C=Cc2cc(CCCS(=O)(=O)O)c3n2[B-](F)(F)[N+]2=C(c4cccs4)C=C(CCCSOOO)C2=C3)cc1. The number of hydrogen-bond donors (Lipinski definition) is 7. The Morgan fingerprint density at radius 1 is 0.802 bits per heavy atom. The third-order valence-electron chi connectivity index (χ3n) is 15.4. The van der Waals surface area contributed by atoms with Crippen LogP contribution in [0, 0.1) is 0 Å². The van der Waals surface area contributed by atoms with Gasteiger partial charge in [-0.2, -0.15) is 8.42 Å². The van der Waals surface area contributed by atoms with Gasteiger partial charge in [0.05, 0.1) is 72.6 Å². The first kappa shape index (κ1) is 73.6. The predicted octanol–water partition coefficient (Wildman–Crippen LogP) is 7.77. The monoisotopic (exact) mass is 1330 g/mol. The molecule has 23 nitrogen and oxygen atoms in total. The minimum absolute atomic E-state index is 0.00159. The molecule has 1 aromatic carbocycles. The summed E-state index contributed by atoms with van der Waals surface area (Å²) >= 11 is 2.22. The molecule has 0 radical (unpaired) electrons. The standard InChI is InChI=1S/C62H90BF2N9O14S3/c1-69(35-12-8-9-25-60(78)86-72-58(76)32-33-59(72)77)36-34-66-61(79)51(21-10-13-37-73(2,3)4)68-62(80)52(22-11-14-38-74(5,6)7)67-57(75)24-15-39-85-50-30-27-46(28-31-50)26-29-49-43-47(20-18-42-91(82,83)84)53-45-54-48(19-16-41-90-88-87-81)44-55(56-23-17-40-89-56)71(54)63(64,65)70(49)53/h17,23,26-33,40,43-45,51-52H,8-16,18-22,24-25,34-39,41-42H2,1-7H3,(H5-2,66,67,68,75,76,77,79,80,81,82,83,84)/p+2. The lowest BCUT2D eigenvalue weighted by molar-refractivity contribution is -0.870. The Balaban J connectivity index is 1.05. The van der Waals surface area contributed by atoms with Gasteiger partial charge in [0.15, 0.2) is 11.4 Å². The van der Waals surface area contributed by atoms with Gasteiger partial charge in [0.2, 0.25) is 29.5 Å². The molecule has 0 saturated carbocycles. The molecule has 0 bridgehead atoms. The number of aryl methyl sites for hydroxylation is 1. The fraction of sp³-hybridized carbons (Fsp3) is 0.532. The van der Waals surface area contributed by atoms with Gasteiger partial charge in [-0.1, -0.05) is 35.7 Å². The normalized spacial score (nSPS) is 14.7. The second kappa shape index (κ2) is 35.0. The summed E-state index contributed by atoms with van der Waals surface area (Å²) in [5, 5.41) is 42.4. The van der Waals surface area contributed by atoms with Crippen molar-refractivity contribution in [3.8, 4) is 17.5 Å². The summed E-state index contributed by atoms with van der Waals surface area (Å²) in [7, 11) is 10.2. The molecule has 0 saturated heterocycles. The molecule has 0 aliphatic carbocycles. The molecular formula is C62H92BF2N9O14S3+2. The number of nitrogens with one attached hydrogen (secondary N) is 3. The topological polar surface area (TPSA) is 272 Å². The van der Waals surface area contributed by atoms with Gasteiger partial charge in [-0.15, -0.1) is 20.4 Å². The van der Waals surface area contributed by atoms with Gasteiger partial charge in [0.25, 0.3) is 10.1 Å². The van der Waals surface area contributed by atoms with Crippen LogP contribution in [-0.2, 0) is 45.1 Å². The number of unbranched alkanes of at least 4 members (excludes halogenated alkanes) is 4. The molecule has 2 unspecified atom stereocenters. The van der Waals surface area contributed by atoms with Gasteiger partial charge in [0, 0.05) is 85.0 Å². The number of hydrogen-bond acceptors (Lipinski definition) is 16. The van der Waals surface area contributed by atoms with Crippen LogP contribution >= 0.6 is 23.4 Å². The maximum Gasteiger partial charge on any atom is 0.737 e. The largest absolute Gasteiger partial charge is 0.737 e. The smallest absolute Gasteiger partial charge is 0.494 e. The number of benzene rings is 1. The highest BCUT2D eigenvalue weighted by Gasteiger charge is 2.54. The molecule has 5 heterocycles. The van der Waals surface area contributed by atoms with E-state index in [1.165, 1.54) is 23.5 Å². The van der Waals surface area contributed by atoms with Crippen LogP contribution < -0.4 is 25.5 Å². The van der Waals surface area contributed by atoms with E-state index in [9.17, 15) is 42.4 Å². The van der Waals surface area contributed by atoms with E-state index in [2.05, 4.69) is 72.5 Å². The van der Waals surface area contributed by atoms with Crippen molar-refractivity contribution in [2.24, 2.45) is 0 Å². The van der Waals surface area contributed by atoms with Crippen LogP contribution in [0.25, 0.3) is 18.2 Å². The van der Waals surface area contributed by atoms with Crippen LogP contribution in [0.15, 0.2) is 77.3 Å². The summed E-state index contributed by atoms with van der Waals surface area (Å²) in [6.45, 7) is -1.04. The minimum atomic E-state index is -4.52. The van der Waals surface area contributed by atoms with Gasteiger partial charge in [-0.05, 0) is 144 Å². The van der Waals surface area contributed by atoms with Crippen LogP contribution in [-0.4, -0.2) is 205 Å². The van der Waals surface area contributed by atoms with E-state index in [0.29, 0.717) is 120 Å². The molecular weight excluding hydrogens is 1240 g/mol. The fourth-order valence-electron chi connectivity index (χ4n) is 10.7. The Morgan fingerprint density at radius 2 is 1.48 bits per heavy atom. The zero-order valence-electron chi connectivity index (χ0n) is 53.3. The van der Waals surface area contributed by atoms with Crippen molar-refractivity contribution >= 4 is 88.1 Å². The van der Waals surface area contributed by atoms with Gasteiger partial charge >= 0.3 is 12.9 Å². The molecule has 91 heavy (non-hydrogen) atoms. The number of likely N-dealkylation sites (N-methyl/N-ethyl adjacent to an activating group) is 1. The first-order valence-electron chi connectivity index (χ1n) is 31.0. The molecule has 7 N–H and O–H groups in total. The van der Waals surface area contributed by atoms with Crippen LogP contribution in [0.1, 0.15) is 124 Å². The number of halogens is 2. The Hall–Kier alpha value is -6.41. The summed E-state index contributed by atoms with van der Waals surface area (Å²) in [5.74, 6) is -2.06. The van der Waals surface area contributed by atoms with Crippen LogP contribution in [0.2, 0.25) is 0 Å². The van der Waals surface area contributed by atoms with Gasteiger partial charge in [0.1, 0.15) is 17.8 Å². The molecule has 502 valence electrons. The van der Waals surface area contributed by atoms with E-state index in [1.54, 1.807) is 66.8 Å². The maximum absolute atomic E-state index is 17.4. The summed E-state index contributed by atoms with van der Waals surface area (Å²) in [5.41, 5.74) is 2.92. The fourth-order valence-corrected chi connectivity index (χ4v) is 12.3. The number of quaternary nitrogens is 2. The number of aromatic nitrogens is 2. The van der Waals surface area contributed by atoms with E-state index in [0.717, 1.165) is 68.7 Å². The van der Waals surface area contributed by atoms with Crippen LogP contribution in [0.4, 0.5) is 8.63 Å². The minimum Gasteiger partial charge on any atom is -0.494 e. The molecule has 2 aliphatic rings. The van der Waals surface area contributed by atoms with Gasteiger partial charge in [-0.3, -0.25) is 18.9 Å². The number of thiophene rings is 1. The number of rotatable bonds is 42. The second-order valence-corrected chi connectivity index (χ2v) is 28.4. The van der Waals surface area contributed by atoms with E-state index < -0.39 is 46.8 Å². The predicted molar refractivity (Wildman–Crippen MR) is 350 cm³/mol. The highest BCUT2D eigenvalue weighted by atomic mass is 32.2. The van der Waals surface area contributed by atoms with E-state index in [-0.39, 0.29) is 67.3 Å². The average Bonchev–Trinajstić information content (AvgIpc) is 1.57. The number of carbonyl (C=O) groups is 4. The Bertz CT molecular complexity index is 3270. The van der Waals surface area contributed by atoms with E-state index in [4.69, 9.17) is 14.8 Å². The quantitative estimate of drug-likeness (QED) is 0.00425. The van der Waals surface area contributed by atoms with Crippen molar-refractivity contribution in [1.29, 1.82) is 0 Å². The average molecular weight is 1330 g/mol. The van der Waals surface area contributed by atoms with Crippen LogP contribution in [0.3, 0.4) is 0 Å². The number of nitrogens with zero attached hydrogens (tertiary/aromatic N) is 6. The first-order valence-corrected chi connectivity index (χ1v) is 34.4. The summed E-state index contributed by atoms with van der Waals surface area (Å²) in [6, 6.07) is 12.9. The lowest BCUT2D eigenvalue weighted by Crippen LogP contribution is -2.54. The molecule has 0 fully saturated rings. The third-order valence-corrected chi connectivity index (χ3v) is 17.7. The van der Waals surface area contributed by atoms with Crippen molar-refractivity contribution in [2.75, 3.05) is 100 Å². The van der Waals surface area contributed by atoms with E-state index in [1.807, 2.05) is 12.4 Å². The summed E-state index contributed by atoms with van der Waals surface area (Å²) < 4.78 is 82.6. The molecule has 6 rings (SSSR count). The van der Waals surface area contributed by atoms with Gasteiger partial charge < -0.3 is 67.2 Å². The summed E-state index contributed by atoms with van der Waals surface area (Å²) in [6.07, 6.45) is 14.1. The van der Waals surface area contributed by atoms with Crippen molar-refractivity contribution in [3.05, 3.63) is 105 Å². The second-order valence-electron chi connectivity index (χ2n) is 25.1. The zero-order valence-corrected chi connectivity index (χ0v) is 55.8. The number of carbonyl (C=O) groups excluding carboxylic acids is 4. The van der Waals surface area contributed by atoms with Crippen molar-refractivity contribution in [2.45, 2.75) is 115 Å². The van der Waals surface area contributed by atoms with Crippen LogP contribution in [0.5, 0.6) is 17.5 Å². The third kappa shape index (κ3) is 24.2. The molecule has 0 spiro atoms. The highest BCUT2D eigenvalue weighted by molar-refractivity contribution is 7.94. The molecule has 3 aromatic heterocycles. The number of ether oxygens (including phenoxy) is 1. The van der Waals surface area contributed by atoms with Crippen molar-refractivity contribution < 1.29 is 88.6 Å². The van der Waals surface area contributed by atoms with Crippen molar-refractivity contribution in [1.82, 2.24) is 30.1 Å². The number of fused-ring (bicyclic) bond motifs is 2. The number of amides is 3. The lowest BCUT2D eigenvalue weighted by Gasteiger charge is -2.31. The van der Waals surface area contributed by atoms with Gasteiger partial charge in [-0.25, -0.2) is 10.1 Å². The van der Waals surface area contributed by atoms with E-state index >= 15 is 8.63 Å². The Kier molecular flexibility index (Phi) is 28.3. The number of aromatic hydroxyl groups is 2. The molecule has 2 atom stereocenters.